The molecule has 0 aromatic rings. The van der Waals surface area contributed by atoms with Crippen LogP contribution in [-0.4, -0.2) is 35.5 Å². The molecule has 3 heteroatoms. The lowest BCUT2D eigenvalue weighted by Crippen LogP contribution is -2.42. The molecule has 0 spiro atoms. The van der Waals surface area contributed by atoms with E-state index in [1.807, 2.05) is 0 Å². The molecule has 1 aliphatic carbocycles. The van der Waals surface area contributed by atoms with Crippen LogP contribution in [0.5, 0.6) is 0 Å². The van der Waals surface area contributed by atoms with Gasteiger partial charge in [0.25, 0.3) is 0 Å². The van der Waals surface area contributed by atoms with Crippen molar-refractivity contribution in [2.75, 3.05) is 6.54 Å². The second kappa shape index (κ2) is 3.25. The smallest absolute Gasteiger partial charge is 0.224 e. The van der Waals surface area contributed by atoms with Crippen LogP contribution >= 0.6 is 0 Å². The maximum absolute atomic E-state index is 11.9. The lowest BCUT2D eigenvalue weighted by molar-refractivity contribution is -0.127. The van der Waals surface area contributed by atoms with E-state index in [4.69, 9.17) is 0 Å². The van der Waals surface area contributed by atoms with E-state index >= 15 is 0 Å². The van der Waals surface area contributed by atoms with Gasteiger partial charge in [0.05, 0.1) is 0 Å². The summed E-state index contributed by atoms with van der Waals surface area (Å²) < 4.78 is 0. The number of carbonyl (C=O) groups excluding carboxylic acids is 1. The molecule has 3 nitrogen and oxygen atoms in total. The first-order valence-electron chi connectivity index (χ1n) is 6.91. The number of hydrogen-bond acceptors (Lipinski definition) is 2. The zero-order valence-electron chi connectivity index (χ0n) is 11.4. The van der Waals surface area contributed by atoms with E-state index < -0.39 is 0 Å². The SMILES string of the molecule is CC1(C)C(NC2CC(=O)N3CCCC23)C1(C)C. The van der Waals surface area contributed by atoms with Crippen LogP contribution in [-0.2, 0) is 4.79 Å². The first-order valence-corrected chi connectivity index (χ1v) is 6.91. The van der Waals surface area contributed by atoms with E-state index in [1.165, 1.54) is 12.8 Å². The minimum absolute atomic E-state index is 0.362. The maximum Gasteiger partial charge on any atom is 0.224 e. The third-order valence-electron chi connectivity index (χ3n) is 5.88. The van der Waals surface area contributed by atoms with Crippen molar-refractivity contribution >= 4 is 5.91 Å². The van der Waals surface area contributed by atoms with E-state index in [2.05, 4.69) is 37.9 Å². The van der Waals surface area contributed by atoms with Crippen LogP contribution in [0.4, 0.5) is 0 Å². The zero-order chi connectivity index (χ0) is 12.4. The Kier molecular flexibility index (Phi) is 2.20. The van der Waals surface area contributed by atoms with Crippen LogP contribution in [0.2, 0.25) is 0 Å². The van der Waals surface area contributed by atoms with Crippen molar-refractivity contribution in [2.24, 2.45) is 10.8 Å². The average molecular weight is 236 g/mol. The van der Waals surface area contributed by atoms with Gasteiger partial charge in [0.1, 0.15) is 0 Å². The number of nitrogens with zero attached hydrogens (tertiary/aromatic N) is 1. The number of carbonyl (C=O) groups is 1. The molecule has 2 atom stereocenters. The summed E-state index contributed by atoms with van der Waals surface area (Å²) >= 11 is 0. The second-order valence-electron chi connectivity index (χ2n) is 7.15. The van der Waals surface area contributed by atoms with Crippen LogP contribution in [0.25, 0.3) is 0 Å². The van der Waals surface area contributed by atoms with Gasteiger partial charge in [-0.1, -0.05) is 27.7 Å². The molecule has 2 aliphatic heterocycles. The largest absolute Gasteiger partial charge is 0.338 e. The van der Waals surface area contributed by atoms with Crippen LogP contribution in [0.1, 0.15) is 47.0 Å². The van der Waals surface area contributed by atoms with Crippen molar-refractivity contribution in [1.29, 1.82) is 0 Å². The summed E-state index contributed by atoms with van der Waals surface area (Å²) in [7, 11) is 0. The van der Waals surface area contributed by atoms with E-state index in [0.29, 0.717) is 41.3 Å². The monoisotopic (exact) mass is 236 g/mol. The van der Waals surface area contributed by atoms with Gasteiger partial charge in [-0.2, -0.15) is 0 Å². The summed E-state index contributed by atoms with van der Waals surface area (Å²) in [6.45, 7) is 10.3. The number of hydrogen-bond donors (Lipinski definition) is 1. The molecule has 2 heterocycles. The molecule has 0 aromatic heterocycles. The molecule has 0 aromatic carbocycles. The maximum atomic E-state index is 11.9. The summed E-state index contributed by atoms with van der Waals surface area (Å²) in [5.41, 5.74) is 0.726. The summed E-state index contributed by atoms with van der Waals surface area (Å²) in [5.74, 6) is 0.362. The molecule has 96 valence electrons. The highest BCUT2D eigenvalue weighted by molar-refractivity contribution is 5.80. The van der Waals surface area contributed by atoms with Crippen LogP contribution in [0.15, 0.2) is 0 Å². The molecule has 2 unspecified atom stereocenters. The van der Waals surface area contributed by atoms with Gasteiger partial charge in [0.15, 0.2) is 0 Å². The predicted octanol–water partition coefficient (Wildman–Crippen LogP) is 1.77. The first-order chi connectivity index (χ1) is 7.85. The Bertz CT molecular complexity index is 347. The van der Waals surface area contributed by atoms with Gasteiger partial charge in [0.2, 0.25) is 5.91 Å². The molecule has 3 aliphatic rings. The third-order valence-corrected chi connectivity index (χ3v) is 5.88. The molecule has 1 saturated carbocycles. The Morgan fingerprint density at radius 2 is 1.88 bits per heavy atom. The molecule has 0 bridgehead atoms. The van der Waals surface area contributed by atoms with Crippen LogP contribution in [0, 0.1) is 10.8 Å². The van der Waals surface area contributed by atoms with Gasteiger partial charge in [-0.05, 0) is 23.7 Å². The van der Waals surface area contributed by atoms with Crippen LogP contribution < -0.4 is 5.32 Å². The van der Waals surface area contributed by atoms with Gasteiger partial charge in [-0.25, -0.2) is 0 Å². The molecular formula is C14H24N2O. The molecule has 3 fully saturated rings. The van der Waals surface area contributed by atoms with Gasteiger partial charge in [-0.3, -0.25) is 4.79 Å². The second-order valence-corrected chi connectivity index (χ2v) is 7.15. The topological polar surface area (TPSA) is 32.3 Å². The Balaban J connectivity index is 1.70. The van der Waals surface area contributed by atoms with Crippen molar-refractivity contribution in [2.45, 2.75) is 65.1 Å². The van der Waals surface area contributed by atoms with Crippen molar-refractivity contribution in [3.8, 4) is 0 Å². The van der Waals surface area contributed by atoms with Gasteiger partial charge in [-0.15, -0.1) is 0 Å². The summed E-state index contributed by atoms with van der Waals surface area (Å²) in [4.78, 5) is 14.0. The fraction of sp³-hybridized carbons (Fsp3) is 0.929. The number of nitrogens with one attached hydrogen (secondary N) is 1. The fourth-order valence-electron chi connectivity index (χ4n) is 3.96. The van der Waals surface area contributed by atoms with Gasteiger partial charge < -0.3 is 10.2 Å². The Morgan fingerprint density at radius 1 is 1.24 bits per heavy atom. The molecular weight excluding hydrogens is 212 g/mol. The highest BCUT2D eigenvalue weighted by Crippen LogP contribution is 2.63. The van der Waals surface area contributed by atoms with E-state index in [1.54, 1.807) is 0 Å². The molecule has 2 saturated heterocycles. The third kappa shape index (κ3) is 1.41. The highest BCUT2D eigenvalue weighted by atomic mass is 16.2. The van der Waals surface area contributed by atoms with Gasteiger partial charge >= 0.3 is 0 Å². The Labute approximate surface area is 104 Å². The minimum atomic E-state index is 0.362. The van der Waals surface area contributed by atoms with E-state index in [-0.39, 0.29) is 0 Å². The first kappa shape index (κ1) is 11.5. The molecule has 3 rings (SSSR count). The summed E-state index contributed by atoms with van der Waals surface area (Å²) in [6.07, 6.45) is 3.09. The Hall–Kier alpha value is -0.570. The molecule has 0 radical (unpaired) electrons. The van der Waals surface area contributed by atoms with Crippen LogP contribution in [0.3, 0.4) is 0 Å². The minimum Gasteiger partial charge on any atom is -0.338 e. The average Bonchev–Trinajstić information content (AvgIpc) is 2.70. The number of amides is 1. The highest BCUT2D eigenvalue weighted by Gasteiger charge is 2.65. The fourth-order valence-corrected chi connectivity index (χ4v) is 3.96. The van der Waals surface area contributed by atoms with E-state index in [9.17, 15) is 4.79 Å². The van der Waals surface area contributed by atoms with Crippen molar-refractivity contribution in [3.63, 3.8) is 0 Å². The molecule has 1 N–H and O–H groups in total. The molecule has 1 amide bonds. The summed E-state index contributed by atoms with van der Waals surface area (Å²) in [6, 6.07) is 1.44. The van der Waals surface area contributed by atoms with Crippen molar-refractivity contribution in [3.05, 3.63) is 0 Å². The molecule has 17 heavy (non-hydrogen) atoms. The lowest BCUT2D eigenvalue weighted by Gasteiger charge is -2.22. The Morgan fingerprint density at radius 3 is 2.47 bits per heavy atom. The predicted molar refractivity (Wildman–Crippen MR) is 67.6 cm³/mol. The standard InChI is InChI=1S/C14H24N2O/c1-13(2)12(14(13,3)4)15-9-8-11(17)16-7-5-6-10(9)16/h9-10,12,15H,5-8H2,1-4H3. The number of fused-ring (bicyclic) bond motifs is 1. The lowest BCUT2D eigenvalue weighted by atomic mass is 10.0. The van der Waals surface area contributed by atoms with Gasteiger partial charge in [0, 0.05) is 31.1 Å². The quantitative estimate of drug-likeness (QED) is 0.792. The normalized spacial score (nSPS) is 38.6. The van der Waals surface area contributed by atoms with Crippen molar-refractivity contribution < 1.29 is 4.79 Å². The zero-order valence-corrected chi connectivity index (χ0v) is 11.4. The van der Waals surface area contributed by atoms with Crippen molar-refractivity contribution in [1.82, 2.24) is 10.2 Å². The summed E-state index contributed by atoms with van der Waals surface area (Å²) in [5, 5.41) is 3.77. The number of rotatable bonds is 2. The van der Waals surface area contributed by atoms with E-state index in [0.717, 1.165) is 6.54 Å².